The van der Waals surface area contributed by atoms with Gasteiger partial charge in [-0.05, 0) is 89.2 Å². The van der Waals surface area contributed by atoms with Gasteiger partial charge in [-0.3, -0.25) is 9.10 Å². The first kappa shape index (κ1) is 22.6. The molecule has 0 aliphatic heterocycles. The van der Waals surface area contributed by atoms with Gasteiger partial charge in [0.1, 0.15) is 0 Å². The molecule has 5 nitrogen and oxygen atoms in total. The first-order valence-corrected chi connectivity index (χ1v) is 12.3. The third kappa shape index (κ3) is 5.53. The van der Waals surface area contributed by atoms with Gasteiger partial charge in [0.2, 0.25) is 10.0 Å². The summed E-state index contributed by atoms with van der Waals surface area (Å²) in [7, 11) is -3.55. The zero-order valence-electron chi connectivity index (χ0n) is 16.4. The standard InChI is InChI=1S/C22H20ClIN2O3S/c1-15-13-18(24)9-12-21(15)25-22(27)16-7-10-19(11-8-16)26(30(2,28)29)14-17-5-3-4-6-20(17)23/h3-13H,14H2,1-2H3,(H,25,27). The quantitative estimate of drug-likeness (QED) is 0.411. The van der Waals surface area contributed by atoms with E-state index in [-0.39, 0.29) is 12.5 Å². The van der Waals surface area contributed by atoms with Crippen LogP contribution in [-0.4, -0.2) is 20.6 Å². The van der Waals surface area contributed by atoms with Crippen molar-refractivity contribution in [1.82, 2.24) is 0 Å². The van der Waals surface area contributed by atoms with Crippen LogP contribution in [0.5, 0.6) is 0 Å². The van der Waals surface area contributed by atoms with Crippen LogP contribution in [0.25, 0.3) is 0 Å². The Morgan fingerprint density at radius 1 is 1.07 bits per heavy atom. The highest BCUT2D eigenvalue weighted by Crippen LogP contribution is 2.25. The molecule has 0 heterocycles. The molecule has 0 spiro atoms. The average Bonchev–Trinajstić information content (AvgIpc) is 2.68. The number of nitrogens with one attached hydrogen (secondary N) is 1. The van der Waals surface area contributed by atoms with Crippen molar-refractivity contribution < 1.29 is 13.2 Å². The highest BCUT2D eigenvalue weighted by atomic mass is 127. The van der Waals surface area contributed by atoms with Crippen molar-refractivity contribution in [2.24, 2.45) is 0 Å². The van der Waals surface area contributed by atoms with Crippen molar-refractivity contribution in [1.29, 1.82) is 0 Å². The van der Waals surface area contributed by atoms with Crippen molar-refractivity contribution in [3.63, 3.8) is 0 Å². The normalized spacial score (nSPS) is 11.2. The van der Waals surface area contributed by atoms with E-state index in [2.05, 4.69) is 27.9 Å². The van der Waals surface area contributed by atoms with Gasteiger partial charge >= 0.3 is 0 Å². The molecule has 3 aromatic rings. The van der Waals surface area contributed by atoms with Crippen molar-refractivity contribution in [3.8, 4) is 0 Å². The fourth-order valence-electron chi connectivity index (χ4n) is 2.92. The van der Waals surface area contributed by atoms with Gasteiger partial charge in [0, 0.05) is 19.8 Å². The van der Waals surface area contributed by atoms with Gasteiger partial charge in [-0.2, -0.15) is 0 Å². The number of nitrogens with zero attached hydrogens (tertiary/aromatic N) is 1. The van der Waals surface area contributed by atoms with Gasteiger partial charge in [-0.25, -0.2) is 8.42 Å². The molecule has 0 aliphatic rings. The fourth-order valence-corrected chi connectivity index (χ4v) is 4.64. The molecule has 3 rings (SSSR count). The summed E-state index contributed by atoms with van der Waals surface area (Å²) in [6.07, 6.45) is 1.14. The fraction of sp³-hybridized carbons (Fsp3) is 0.136. The number of rotatable bonds is 6. The number of carbonyl (C=O) groups is 1. The van der Waals surface area contributed by atoms with E-state index < -0.39 is 10.0 Å². The zero-order chi connectivity index (χ0) is 21.9. The zero-order valence-corrected chi connectivity index (χ0v) is 20.1. The highest BCUT2D eigenvalue weighted by Gasteiger charge is 2.19. The molecular weight excluding hydrogens is 535 g/mol. The molecule has 0 saturated heterocycles. The molecule has 8 heteroatoms. The predicted octanol–water partition coefficient (Wildman–Crippen LogP) is 5.47. The van der Waals surface area contributed by atoms with E-state index in [0.29, 0.717) is 21.8 Å². The number of sulfonamides is 1. The lowest BCUT2D eigenvalue weighted by Gasteiger charge is -2.23. The van der Waals surface area contributed by atoms with Gasteiger partial charge in [0.25, 0.3) is 5.91 Å². The van der Waals surface area contributed by atoms with Crippen molar-refractivity contribution in [2.45, 2.75) is 13.5 Å². The van der Waals surface area contributed by atoms with Crippen LogP contribution in [0.3, 0.4) is 0 Å². The van der Waals surface area contributed by atoms with Crippen LogP contribution >= 0.6 is 34.2 Å². The summed E-state index contributed by atoms with van der Waals surface area (Å²) in [4.78, 5) is 12.6. The Morgan fingerprint density at radius 3 is 2.33 bits per heavy atom. The number of hydrogen-bond donors (Lipinski definition) is 1. The second kappa shape index (κ2) is 9.36. The number of hydrogen-bond acceptors (Lipinski definition) is 3. The highest BCUT2D eigenvalue weighted by molar-refractivity contribution is 14.1. The van der Waals surface area contributed by atoms with Gasteiger partial charge in [0.15, 0.2) is 0 Å². The van der Waals surface area contributed by atoms with E-state index in [1.165, 1.54) is 4.31 Å². The third-order valence-electron chi connectivity index (χ3n) is 4.53. The van der Waals surface area contributed by atoms with E-state index in [4.69, 9.17) is 11.6 Å². The Morgan fingerprint density at radius 2 is 1.73 bits per heavy atom. The number of aryl methyl sites for hydroxylation is 1. The van der Waals surface area contributed by atoms with E-state index in [9.17, 15) is 13.2 Å². The Bertz CT molecular complexity index is 1180. The second-order valence-electron chi connectivity index (χ2n) is 6.82. The molecule has 0 saturated carbocycles. The molecular formula is C22H20ClIN2O3S. The summed E-state index contributed by atoms with van der Waals surface area (Å²) in [5, 5.41) is 3.38. The maximum atomic E-state index is 12.6. The van der Waals surface area contributed by atoms with Gasteiger partial charge < -0.3 is 5.32 Å². The van der Waals surface area contributed by atoms with Crippen LogP contribution in [-0.2, 0) is 16.6 Å². The summed E-state index contributed by atoms with van der Waals surface area (Å²) >= 11 is 8.42. The molecule has 0 aromatic heterocycles. The minimum absolute atomic E-state index is 0.103. The molecule has 0 fully saturated rings. The smallest absolute Gasteiger partial charge is 0.255 e. The minimum atomic E-state index is -3.55. The predicted molar refractivity (Wildman–Crippen MR) is 131 cm³/mol. The van der Waals surface area contributed by atoms with Crippen LogP contribution in [0.1, 0.15) is 21.5 Å². The molecule has 0 unspecified atom stereocenters. The van der Waals surface area contributed by atoms with Crippen molar-refractivity contribution in [2.75, 3.05) is 15.9 Å². The molecule has 3 aromatic carbocycles. The lowest BCUT2D eigenvalue weighted by Crippen LogP contribution is -2.29. The van der Waals surface area contributed by atoms with Crippen LogP contribution in [0.15, 0.2) is 66.7 Å². The summed E-state index contributed by atoms with van der Waals surface area (Å²) < 4.78 is 27.1. The van der Waals surface area contributed by atoms with E-state index >= 15 is 0 Å². The number of carbonyl (C=O) groups excluding carboxylic acids is 1. The monoisotopic (exact) mass is 554 g/mol. The molecule has 0 radical (unpaired) electrons. The first-order chi connectivity index (χ1) is 14.1. The average molecular weight is 555 g/mol. The summed E-state index contributed by atoms with van der Waals surface area (Å²) in [5.41, 5.74) is 3.29. The van der Waals surface area contributed by atoms with Crippen LogP contribution < -0.4 is 9.62 Å². The number of anilines is 2. The number of amides is 1. The van der Waals surface area contributed by atoms with Crippen LogP contribution in [0.2, 0.25) is 5.02 Å². The van der Waals surface area contributed by atoms with Crippen molar-refractivity contribution >= 4 is 61.5 Å². The summed E-state index contributed by atoms with van der Waals surface area (Å²) in [6, 6.07) is 19.3. The van der Waals surface area contributed by atoms with Gasteiger partial charge in [0.05, 0.1) is 18.5 Å². The lowest BCUT2D eigenvalue weighted by molar-refractivity contribution is 0.102. The maximum absolute atomic E-state index is 12.6. The number of halogens is 2. The molecule has 0 aliphatic carbocycles. The van der Waals surface area contributed by atoms with Crippen molar-refractivity contribution in [3.05, 3.63) is 92.0 Å². The Balaban J connectivity index is 1.83. The lowest BCUT2D eigenvalue weighted by atomic mass is 10.1. The Labute approximate surface area is 195 Å². The minimum Gasteiger partial charge on any atom is -0.322 e. The molecule has 1 N–H and O–H groups in total. The Hall–Kier alpha value is -2.10. The molecule has 1 amide bonds. The van der Waals surface area contributed by atoms with E-state index in [0.717, 1.165) is 21.1 Å². The van der Waals surface area contributed by atoms with Crippen LogP contribution in [0.4, 0.5) is 11.4 Å². The largest absolute Gasteiger partial charge is 0.322 e. The van der Waals surface area contributed by atoms with E-state index in [1.807, 2.05) is 31.2 Å². The first-order valence-electron chi connectivity index (χ1n) is 9.04. The SMILES string of the molecule is Cc1cc(I)ccc1NC(=O)c1ccc(N(Cc2ccccc2Cl)S(C)(=O)=O)cc1. The maximum Gasteiger partial charge on any atom is 0.255 e. The summed E-state index contributed by atoms with van der Waals surface area (Å²) in [5.74, 6) is -0.261. The van der Waals surface area contributed by atoms with Gasteiger partial charge in [-0.1, -0.05) is 29.8 Å². The van der Waals surface area contributed by atoms with E-state index in [1.54, 1.807) is 42.5 Å². The topological polar surface area (TPSA) is 66.5 Å². The molecule has 30 heavy (non-hydrogen) atoms. The summed E-state index contributed by atoms with van der Waals surface area (Å²) in [6.45, 7) is 2.03. The Kier molecular flexibility index (Phi) is 7.05. The van der Waals surface area contributed by atoms with Gasteiger partial charge in [-0.15, -0.1) is 0 Å². The molecule has 0 bridgehead atoms. The number of benzene rings is 3. The molecule has 156 valence electrons. The van der Waals surface area contributed by atoms with Crippen LogP contribution in [0, 0.1) is 10.5 Å². The second-order valence-corrected chi connectivity index (χ2v) is 10.4. The molecule has 0 atom stereocenters. The third-order valence-corrected chi connectivity index (χ3v) is 6.71.